The second kappa shape index (κ2) is 6.41. The zero-order valence-corrected chi connectivity index (χ0v) is 13.0. The minimum absolute atomic E-state index is 0.0200. The van der Waals surface area contributed by atoms with Crippen molar-refractivity contribution in [1.29, 1.82) is 0 Å². The van der Waals surface area contributed by atoms with Gasteiger partial charge in [0.25, 0.3) is 0 Å². The van der Waals surface area contributed by atoms with Crippen molar-refractivity contribution in [1.82, 2.24) is 5.32 Å². The molecule has 1 atom stereocenters. The van der Waals surface area contributed by atoms with E-state index in [9.17, 15) is 4.79 Å². The molecule has 1 aromatic carbocycles. The summed E-state index contributed by atoms with van der Waals surface area (Å²) in [5.74, 6) is 0.0200. The quantitative estimate of drug-likeness (QED) is 0.904. The third kappa shape index (κ3) is 3.34. The van der Waals surface area contributed by atoms with E-state index in [1.807, 2.05) is 42.5 Å². The van der Waals surface area contributed by atoms with E-state index < -0.39 is 0 Å². The van der Waals surface area contributed by atoms with E-state index >= 15 is 0 Å². The van der Waals surface area contributed by atoms with E-state index in [0.29, 0.717) is 12.6 Å². The molecule has 0 spiro atoms. The van der Waals surface area contributed by atoms with Crippen LogP contribution >= 0.6 is 11.3 Å². The van der Waals surface area contributed by atoms with Crippen LogP contribution in [0.25, 0.3) is 0 Å². The molecule has 3 nitrogen and oxygen atoms in total. The number of anilines is 1. The Hall–Kier alpha value is -1.65. The first-order valence-corrected chi connectivity index (χ1v) is 8.27. The standard InChI is InChI=1S/C17H20N2OS/c1-12-5-2-3-6-14(12)19-17(20)11-18-15-7-4-8-16-13(15)9-10-21-16/h2-3,5-6,9-10,15,18H,4,7-8,11H2,1H3,(H,19,20). The van der Waals surface area contributed by atoms with Gasteiger partial charge in [0.05, 0.1) is 6.54 Å². The second-order valence-corrected chi connectivity index (χ2v) is 6.49. The fourth-order valence-electron chi connectivity index (χ4n) is 2.82. The maximum Gasteiger partial charge on any atom is 0.238 e. The van der Waals surface area contributed by atoms with E-state index in [1.54, 1.807) is 0 Å². The SMILES string of the molecule is Cc1ccccc1NC(=O)CNC1CCCc2sccc21. The summed E-state index contributed by atoms with van der Waals surface area (Å²) in [5, 5.41) is 8.52. The van der Waals surface area contributed by atoms with Gasteiger partial charge in [-0.2, -0.15) is 0 Å². The van der Waals surface area contributed by atoms with Crippen molar-refractivity contribution in [2.75, 3.05) is 11.9 Å². The molecule has 2 N–H and O–H groups in total. The summed E-state index contributed by atoms with van der Waals surface area (Å²) in [4.78, 5) is 13.6. The Morgan fingerprint density at radius 2 is 2.19 bits per heavy atom. The van der Waals surface area contributed by atoms with Crippen LogP contribution in [-0.4, -0.2) is 12.5 Å². The summed E-state index contributed by atoms with van der Waals surface area (Å²) in [6.45, 7) is 2.36. The van der Waals surface area contributed by atoms with Gasteiger partial charge in [0, 0.05) is 16.6 Å². The van der Waals surface area contributed by atoms with Gasteiger partial charge in [-0.25, -0.2) is 0 Å². The Labute approximate surface area is 129 Å². The number of aryl methyl sites for hydroxylation is 2. The van der Waals surface area contributed by atoms with Crippen molar-refractivity contribution in [2.24, 2.45) is 0 Å². The lowest BCUT2D eigenvalue weighted by molar-refractivity contribution is -0.115. The average molecular weight is 300 g/mol. The smallest absolute Gasteiger partial charge is 0.238 e. The Morgan fingerprint density at radius 3 is 3.05 bits per heavy atom. The van der Waals surface area contributed by atoms with Crippen molar-refractivity contribution >= 4 is 22.9 Å². The summed E-state index contributed by atoms with van der Waals surface area (Å²) in [7, 11) is 0. The highest BCUT2D eigenvalue weighted by Crippen LogP contribution is 2.33. The van der Waals surface area contributed by atoms with Crippen molar-refractivity contribution in [3.05, 3.63) is 51.7 Å². The van der Waals surface area contributed by atoms with Gasteiger partial charge in [-0.1, -0.05) is 18.2 Å². The van der Waals surface area contributed by atoms with Crippen molar-refractivity contribution in [3.63, 3.8) is 0 Å². The molecule has 1 unspecified atom stereocenters. The molecule has 1 aliphatic rings. The number of benzene rings is 1. The Morgan fingerprint density at radius 1 is 1.33 bits per heavy atom. The first-order chi connectivity index (χ1) is 10.2. The van der Waals surface area contributed by atoms with E-state index in [0.717, 1.165) is 17.7 Å². The minimum atomic E-state index is 0.0200. The first-order valence-electron chi connectivity index (χ1n) is 7.39. The molecule has 0 fully saturated rings. The number of carbonyl (C=O) groups excluding carboxylic acids is 1. The topological polar surface area (TPSA) is 41.1 Å². The van der Waals surface area contributed by atoms with Gasteiger partial charge in [0.15, 0.2) is 0 Å². The fraction of sp³-hybridized carbons (Fsp3) is 0.353. The molecule has 1 aromatic heterocycles. The molecule has 110 valence electrons. The number of hydrogen-bond acceptors (Lipinski definition) is 3. The van der Waals surface area contributed by atoms with E-state index in [-0.39, 0.29) is 5.91 Å². The highest BCUT2D eigenvalue weighted by atomic mass is 32.1. The molecule has 0 aliphatic heterocycles. The molecule has 0 radical (unpaired) electrons. The summed E-state index contributed by atoms with van der Waals surface area (Å²) in [5.41, 5.74) is 3.36. The first kappa shape index (κ1) is 14.3. The van der Waals surface area contributed by atoms with E-state index in [1.165, 1.54) is 23.3 Å². The van der Waals surface area contributed by atoms with Gasteiger partial charge < -0.3 is 10.6 Å². The molecule has 4 heteroatoms. The highest BCUT2D eigenvalue weighted by molar-refractivity contribution is 7.10. The summed E-state index contributed by atoms with van der Waals surface area (Å²) in [6.07, 6.45) is 3.49. The number of nitrogens with one attached hydrogen (secondary N) is 2. The highest BCUT2D eigenvalue weighted by Gasteiger charge is 2.21. The van der Waals surface area contributed by atoms with Crippen LogP contribution in [0, 0.1) is 6.92 Å². The van der Waals surface area contributed by atoms with Gasteiger partial charge >= 0.3 is 0 Å². The summed E-state index contributed by atoms with van der Waals surface area (Å²) < 4.78 is 0. The maximum absolute atomic E-state index is 12.1. The number of carbonyl (C=O) groups is 1. The van der Waals surface area contributed by atoms with Crippen LogP contribution in [0.5, 0.6) is 0 Å². The molecule has 1 amide bonds. The lowest BCUT2D eigenvalue weighted by atomic mass is 9.94. The van der Waals surface area contributed by atoms with E-state index in [2.05, 4.69) is 22.1 Å². The lowest BCUT2D eigenvalue weighted by Crippen LogP contribution is -2.32. The van der Waals surface area contributed by atoms with Crippen molar-refractivity contribution in [3.8, 4) is 0 Å². The molecule has 0 bridgehead atoms. The fourth-order valence-corrected chi connectivity index (χ4v) is 3.81. The minimum Gasteiger partial charge on any atom is -0.325 e. The lowest BCUT2D eigenvalue weighted by Gasteiger charge is -2.23. The molecular formula is C17H20N2OS. The van der Waals surface area contributed by atoms with Crippen LogP contribution in [0.2, 0.25) is 0 Å². The van der Waals surface area contributed by atoms with Crippen LogP contribution in [0.1, 0.15) is 34.9 Å². The van der Waals surface area contributed by atoms with Crippen LogP contribution in [0.15, 0.2) is 35.7 Å². The molecule has 0 saturated carbocycles. The number of thiophene rings is 1. The van der Waals surface area contributed by atoms with Gasteiger partial charge in [0.1, 0.15) is 0 Å². The second-order valence-electron chi connectivity index (χ2n) is 5.49. The number of hydrogen-bond donors (Lipinski definition) is 2. The van der Waals surface area contributed by atoms with Crippen LogP contribution in [0.4, 0.5) is 5.69 Å². The Kier molecular flexibility index (Phi) is 4.36. The number of fused-ring (bicyclic) bond motifs is 1. The summed E-state index contributed by atoms with van der Waals surface area (Å²) in [6, 6.07) is 10.4. The maximum atomic E-state index is 12.1. The average Bonchev–Trinajstić information content (AvgIpc) is 2.96. The predicted molar refractivity (Wildman–Crippen MR) is 87.8 cm³/mol. The molecule has 0 saturated heterocycles. The van der Waals surface area contributed by atoms with Crippen LogP contribution in [0.3, 0.4) is 0 Å². The third-order valence-corrected chi connectivity index (χ3v) is 4.98. The zero-order chi connectivity index (χ0) is 14.7. The monoisotopic (exact) mass is 300 g/mol. The summed E-state index contributed by atoms with van der Waals surface area (Å²) >= 11 is 1.83. The number of amides is 1. The van der Waals surface area contributed by atoms with Gasteiger partial charge in [0.2, 0.25) is 5.91 Å². The Balaban J connectivity index is 1.57. The number of rotatable bonds is 4. The van der Waals surface area contributed by atoms with Crippen molar-refractivity contribution < 1.29 is 4.79 Å². The molecule has 1 heterocycles. The van der Waals surface area contributed by atoms with E-state index in [4.69, 9.17) is 0 Å². The van der Waals surface area contributed by atoms with Crippen LogP contribution < -0.4 is 10.6 Å². The number of para-hydroxylation sites is 1. The normalized spacial score (nSPS) is 17.3. The predicted octanol–water partition coefficient (Wildman–Crippen LogP) is 3.66. The van der Waals surface area contributed by atoms with Crippen molar-refractivity contribution in [2.45, 2.75) is 32.2 Å². The van der Waals surface area contributed by atoms with Gasteiger partial charge in [-0.05, 0) is 54.8 Å². The Bertz CT molecular complexity index is 635. The molecule has 2 aromatic rings. The largest absolute Gasteiger partial charge is 0.325 e. The molecular weight excluding hydrogens is 280 g/mol. The van der Waals surface area contributed by atoms with Crippen LogP contribution in [-0.2, 0) is 11.2 Å². The van der Waals surface area contributed by atoms with Gasteiger partial charge in [-0.15, -0.1) is 11.3 Å². The molecule has 3 rings (SSSR count). The third-order valence-electron chi connectivity index (χ3n) is 3.98. The molecule has 1 aliphatic carbocycles. The zero-order valence-electron chi connectivity index (χ0n) is 12.2. The van der Waals surface area contributed by atoms with Gasteiger partial charge in [-0.3, -0.25) is 4.79 Å². The molecule has 21 heavy (non-hydrogen) atoms.